The largest absolute Gasteiger partial charge is 0.459 e. The second-order valence-corrected chi connectivity index (χ2v) is 8.15. The number of carbonyl (C=O) groups is 3. The normalized spacial score (nSPS) is 18.7. The number of aromatic nitrogens is 2. The fourth-order valence-corrected chi connectivity index (χ4v) is 4.25. The molecule has 35 heavy (non-hydrogen) atoms. The number of imide groups is 1. The summed E-state index contributed by atoms with van der Waals surface area (Å²) in [6.45, 7) is 0.996. The second-order valence-electron chi connectivity index (χ2n) is 8.15. The Morgan fingerprint density at radius 1 is 1.11 bits per heavy atom. The van der Waals surface area contributed by atoms with Gasteiger partial charge in [-0.25, -0.2) is 9.78 Å². The summed E-state index contributed by atoms with van der Waals surface area (Å²) in [6.07, 6.45) is -5.11. The third kappa shape index (κ3) is 4.29. The van der Waals surface area contributed by atoms with E-state index in [1.165, 1.54) is 6.92 Å². The molecule has 1 aliphatic rings. The Morgan fingerprint density at radius 3 is 2.51 bits per heavy atom. The van der Waals surface area contributed by atoms with Gasteiger partial charge in [-0.05, 0) is 37.5 Å². The predicted molar refractivity (Wildman–Crippen MR) is 117 cm³/mol. The number of halogens is 3. The lowest BCUT2D eigenvalue weighted by Gasteiger charge is -2.31. The molecule has 0 aliphatic carbocycles. The van der Waals surface area contributed by atoms with Crippen molar-refractivity contribution in [2.45, 2.75) is 44.5 Å². The van der Waals surface area contributed by atoms with Crippen LogP contribution in [0.1, 0.15) is 36.2 Å². The van der Waals surface area contributed by atoms with Gasteiger partial charge in [0, 0.05) is 6.42 Å². The maximum atomic E-state index is 13.5. The Labute approximate surface area is 196 Å². The van der Waals surface area contributed by atoms with Crippen molar-refractivity contribution in [2.24, 2.45) is 0 Å². The van der Waals surface area contributed by atoms with E-state index in [-0.39, 0.29) is 31.7 Å². The van der Waals surface area contributed by atoms with Gasteiger partial charge in [0.25, 0.3) is 11.5 Å². The number of para-hydroxylation sites is 1. The number of fused-ring (bicyclic) bond motifs is 1. The van der Waals surface area contributed by atoms with Gasteiger partial charge in [0.2, 0.25) is 11.4 Å². The van der Waals surface area contributed by atoms with E-state index in [0.29, 0.717) is 5.56 Å². The van der Waals surface area contributed by atoms with Crippen molar-refractivity contribution in [1.29, 1.82) is 0 Å². The number of hydrogen-bond donors (Lipinski definition) is 1. The Balaban J connectivity index is 1.92. The van der Waals surface area contributed by atoms with Crippen molar-refractivity contribution in [3.05, 3.63) is 75.8 Å². The van der Waals surface area contributed by atoms with Crippen LogP contribution in [0.2, 0.25) is 0 Å². The maximum absolute atomic E-state index is 13.5. The van der Waals surface area contributed by atoms with Gasteiger partial charge >= 0.3 is 12.1 Å². The molecule has 0 radical (unpaired) electrons. The van der Waals surface area contributed by atoms with Gasteiger partial charge in [0.15, 0.2) is 0 Å². The van der Waals surface area contributed by atoms with Crippen LogP contribution in [0.25, 0.3) is 10.9 Å². The molecule has 0 spiro atoms. The van der Waals surface area contributed by atoms with Gasteiger partial charge in [-0.1, -0.05) is 36.4 Å². The molecule has 1 atom stereocenters. The first kappa shape index (κ1) is 24.1. The molecule has 8 nitrogen and oxygen atoms in total. The monoisotopic (exact) mass is 487 g/mol. The van der Waals surface area contributed by atoms with Crippen molar-refractivity contribution >= 4 is 28.7 Å². The zero-order valence-corrected chi connectivity index (χ0v) is 18.5. The Morgan fingerprint density at radius 2 is 1.83 bits per heavy atom. The van der Waals surface area contributed by atoms with E-state index >= 15 is 0 Å². The number of benzene rings is 2. The smallest absolute Gasteiger partial charge is 0.418 e. The summed E-state index contributed by atoms with van der Waals surface area (Å²) in [5.74, 6) is -3.17. The molecular formula is C24H20F3N3O5. The molecule has 11 heteroatoms. The molecular weight excluding hydrogens is 467 g/mol. The van der Waals surface area contributed by atoms with Crippen LogP contribution in [0.5, 0.6) is 0 Å². The van der Waals surface area contributed by atoms with Crippen molar-refractivity contribution in [3.8, 4) is 0 Å². The number of aryl methyl sites for hydroxylation is 1. The number of amides is 2. The van der Waals surface area contributed by atoms with Crippen LogP contribution in [0.15, 0.2) is 53.3 Å². The van der Waals surface area contributed by atoms with Gasteiger partial charge in [-0.15, -0.1) is 0 Å². The van der Waals surface area contributed by atoms with Crippen molar-refractivity contribution in [3.63, 3.8) is 0 Å². The lowest BCUT2D eigenvalue weighted by atomic mass is 9.91. The highest BCUT2D eigenvalue weighted by Gasteiger charge is 2.52. The number of hydrogen-bond acceptors (Lipinski definition) is 6. The third-order valence-corrected chi connectivity index (χ3v) is 5.88. The van der Waals surface area contributed by atoms with Crippen LogP contribution in [-0.4, -0.2) is 27.3 Å². The third-order valence-electron chi connectivity index (χ3n) is 5.88. The van der Waals surface area contributed by atoms with Crippen LogP contribution in [0.4, 0.5) is 13.2 Å². The second kappa shape index (κ2) is 8.97. The Bertz CT molecular complexity index is 1380. The molecule has 2 heterocycles. The zero-order valence-electron chi connectivity index (χ0n) is 18.5. The number of esters is 1. The number of nitrogens with one attached hydrogen (secondary N) is 1. The fraction of sp³-hybridized carbons (Fsp3) is 0.292. The summed E-state index contributed by atoms with van der Waals surface area (Å²) in [6, 6.07) is 11.5. The fourth-order valence-electron chi connectivity index (χ4n) is 4.25. The highest BCUT2D eigenvalue weighted by atomic mass is 19.4. The van der Waals surface area contributed by atoms with Crippen LogP contribution >= 0.6 is 0 Å². The standard InChI is InChI=1S/C24H20F3N3O5/c1-14-28-19-16(9-5-10-17(19)24(25,26)27)20(32)30(14)23(12-6-11-18(31)29-21(23)33)22(34)35-13-15-7-3-2-4-8-15/h2-5,7-10H,6,11-13H2,1H3,(H,29,31,33). The average molecular weight is 487 g/mol. The molecule has 1 fully saturated rings. The van der Waals surface area contributed by atoms with Crippen molar-refractivity contribution in [2.75, 3.05) is 0 Å². The summed E-state index contributed by atoms with van der Waals surface area (Å²) < 4.78 is 46.8. The van der Waals surface area contributed by atoms with Gasteiger partial charge in [0.05, 0.1) is 16.5 Å². The molecule has 1 aliphatic heterocycles. The highest BCUT2D eigenvalue weighted by Crippen LogP contribution is 2.34. The molecule has 2 amide bonds. The first-order valence-corrected chi connectivity index (χ1v) is 10.7. The Kier molecular flexibility index (Phi) is 6.18. The predicted octanol–water partition coefficient (Wildman–Crippen LogP) is 2.99. The van der Waals surface area contributed by atoms with E-state index in [1.807, 2.05) is 0 Å². The average Bonchev–Trinajstić information content (AvgIpc) is 2.95. The summed E-state index contributed by atoms with van der Waals surface area (Å²) in [7, 11) is 0. The summed E-state index contributed by atoms with van der Waals surface area (Å²) in [5.41, 5.74) is -4.48. The van der Waals surface area contributed by atoms with Gasteiger partial charge in [0.1, 0.15) is 12.4 Å². The zero-order chi connectivity index (χ0) is 25.4. The molecule has 1 saturated heterocycles. The van der Waals surface area contributed by atoms with Gasteiger partial charge < -0.3 is 4.74 Å². The molecule has 1 unspecified atom stereocenters. The lowest BCUT2D eigenvalue weighted by Crippen LogP contribution is -2.58. The first-order valence-electron chi connectivity index (χ1n) is 10.7. The molecule has 4 rings (SSSR count). The summed E-state index contributed by atoms with van der Waals surface area (Å²) in [4.78, 5) is 56.3. The molecule has 2 aromatic carbocycles. The molecule has 1 aromatic heterocycles. The topological polar surface area (TPSA) is 107 Å². The molecule has 0 bridgehead atoms. The molecule has 182 valence electrons. The van der Waals surface area contributed by atoms with E-state index < -0.39 is 51.5 Å². The molecule has 1 N–H and O–H groups in total. The highest BCUT2D eigenvalue weighted by molar-refractivity contribution is 6.11. The molecule has 3 aromatic rings. The van der Waals surface area contributed by atoms with Gasteiger partial charge in [-0.2, -0.15) is 13.2 Å². The molecule has 0 saturated carbocycles. The van der Waals surface area contributed by atoms with E-state index in [2.05, 4.69) is 10.3 Å². The minimum absolute atomic E-state index is 0.0461. The van der Waals surface area contributed by atoms with E-state index in [4.69, 9.17) is 4.74 Å². The Hall–Kier alpha value is -4.02. The number of alkyl halides is 3. The van der Waals surface area contributed by atoms with E-state index in [1.54, 1.807) is 30.3 Å². The van der Waals surface area contributed by atoms with Crippen LogP contribution in [0, 0.1) is 6.92 Å². The lowest BCUT2D eigenvalue weighted by molar-refractivity contribution is -0.161. The minimum Gasteiger partial charge on any atom is -0.459 e. The SMILES string of the molecule is Cc1nc2c(C(F)(F)F)cccc2c(=O)n1C1(C(=O)OCc2ccccc2)CCCC(=O)NC1=O. The maximum Gasteiger partial charge on any atom is 0.418 e. The quantitative estimate of drug-likeness (QED) is 0.345. The number of ether oxygens (including phenoxy) is 1. The van der Waals surface area contributed by atoms with Crippen LogP contribution in [0.3, 0.4) is 0 Å². The first-order chi connectivity index (χ1) is 16.6. The van der Waals surface area contributed by atoms with E-state index in [0.717, 1.165) is 22.8 Å². The summed E-state index contributed by atoms with van der Waals surface area (Å²) in [5, 5.41) is 1.68. The van der Waals surface area contributed by atoms with Crippen molar-refractivity contribution in [1.82, 2.24) is 14.9 Å². The van der Waals surface area contributed by atoms with Gasteiger partial charge in [-0.3, -0.25) is 24.3 Å². The number of nitrogens with zero attached hydrogens (tertiary/aromatic N) is 2. The van der Waals surface area contributed by atoms with Crippen LogP contribution in [-0.2, 0) is 37.4 Å². The van der Waals surface area contributed by atoms with Crippen LogP contribution < -0.4 is 10.9 Å². The van der Waals surface area contributed by atoms with Crippen molar-refractivity contribution < 1.29 is 32.3 Å². The number of rotatable bonds is 4. The minimum atomic E-state index is -4.78. The summed E-state index contributed by atoms with van der Waals surface area (Å²) >= 11 is 0. The number of carbonyl (C=O) groups excluding carboxylic acids is 3. The van der Waals surface area contributed by atoms with E-state index in [9.17, 15) is 32.3 Å².